The lowest BCUT2D eigenvalue weighted by molar-refractivity contribution is -0.143. The number of alkyl carbamates (subject to hydrolysis) is 1. The van der Waals surface area contributed by atoms with Gasteiger partial charge in [0, 0.05) is 53.9 Å². The highest BCUT2D eigenvalue weighted by molar-refractivity contribution is 6.76. The van der Waals surface area contributed by atoms with Crippen molar-refractivity contribution in [1.82, 2.24) is 26.6 Å². The number of rotatable bonds is 25. The number of esters is 1. The minimum Gasteiger partial charge on any atom is -0.481 e. The van der Waals surface area contributed by atoms with E-state index < -0.39 is 14.0 Å². The summed E-state index contributed by atoms with van der Waals surface area (Å²) in [6, 6.07) is 0.958. The highest BCUT2D eigenvalue weighted by Gasteiger charge is 2.13. The van der Waals surface area contributed by atoms with E-state index in [1.165, 1.54) is 0 Å². The van der Waals surface area contributed by atoms with Gasteiger partial charge in [-0.05, 0) is 44.8 Å². The van der Waals surface area contributed by atoms with E-state index in [1.807, 2.05) is 0 Å². The third-order valence-electron chi connectivity index (χ3n) is 5.12. The fourth-order valence-corrected chi connectivity index (χ4v) is 3.63. The number of aliphatic carboxylic acids is 1. The summed E-state index contributed by atoms with van der Waals surface area (Å²) < 4.78 is 10.4. The van der Waals surface area contributed by atoms with E-state index in [0.717, 1.165) is 64.6 Å². The van der Waals surface area contributed by atoms with Gasteiger partial charge in [0.15, 0.2) is 0 Å². The number of hydrogen-bond donors (Lipinski definition) is 6. The van der Waals surface area contributed by atoms with E-state index in [4.69, 9.17) is 14.6 Å². The van der Waals surface area contributed by atoms with Gasteiger partial charge in [0.05, 0.1) is 26.1 Å². The van der Waals surface area contributed by atoms with Crippen molar-refractivity contribution in [2.45, 2.75) is 64.2 Å². The molecule has 12 heteroatoms. The van der Waals surface area contributed by atoms with Crippen LogP contribution in [0.5, 0.6) is 0 Å². The Morgan fingerprint density at radius 2 is 1.17 bits per heavy atom. The summed E-state index contributed by atoms with van der Waals surface area (Å²) in [4.78, 5) is 33.7. The van der Waals surface area contributed by atoms with Gasteiger partial charge in [-0.25, -0.2) is 4.79 Å². The normalized spacial score (nSPS) is 11.3. The van der Waals surface area contributed by atoms with Crippen LogP contribution in [0.25, 0.3) is 0 Å². The van der Waals surface area contributed by atoms with Crippen molar-refractivity contribution in [1.29, 1.82) is 0 Å². The molecule has 0 aliphatic rings. The van der Waals surface area contributed by atoms with Crippen molar-refractivity contribution in [2.24, 2.45) is 0 Å². The summed E-state index contributed by atoms with van der Waals surface area (Å²) >= 11 is 0. The number of carbonyl (C=O) groups is 3. The molecule has 0 atom stereocenters. The molecule has 0 heterocycles. The Labute approximate surface area is 218 Å². The highest BCUT2D eigenvalue weighted by Crippen LogP contribution is 2.07. The molecule has 0 fully saturated rings. The van der Waals surface area contributed by atoms with Gasteiger partial charge in [-0.2, -0.15) is 0 Å². The van der Waals surface area contributed by atoms with Crippen LogP contribution in [0.15, 0.2) is 0 Å². The molecule has 36 heavy (non-hydrogen) atoms. The predicted octanol–water partition coefficient (Wildman–Crippen LogP) is 1.38. The first-order chi connectivity index (χ1) is 17.2. The second-order valence-electron chi connectivity index (χ2n) is 9.90. The molecule has 0 aliphatic heterocycles. The first kappa shape index (κ1) is 34.3. The third-order valence-corrected chi connectivity index (χ3v) is 6.83. The summed E-state index contributed by atoms with van der Waals surface area (Å²) in [6.07, 6.45) is 3.74. The number of carboxylic acids is 1. The Morgan fingerprint density at radius 1 is 0.639 bits per heavy atom. The first-order valence-corrected chi connectivity index (χ1v) is 17.0. The molecule has 212 valence electrons. The van der Waals surface area contributed by atoms with Crippen molar-refractivity contribution in [2.75, 3.05) is 72.1 Å². The Hall–Kier alpha value is -1.73. The quantitative estimate of drug-likeness (QED) is 0.0577. The fourth-order valence-electron chi connectivity index (χ4n) is 2.92. The number of carboxylic acid groups (broad SMARTS) is 1. The number of carbonyl (C=O) groups excluding carboxylic acids is 2. The third kappa shape index (κ3) is 28.5. The molecule has 0 aromatic rings. The highest BCUT2D eigenvalue weighted by atomic mass is 28.3. The van der Waals surface area contributed by atoms with Gasteiger partial charge in [0.25, 0.3) is 0 Å². The van der Waals surface area contributed by atoms with Crippen LogP contribution >= 0.6 is 0 Å². The molecule has 0 saturated heterocycles. The van der Waals surface area contributed by atoms with Crippen LogP contribution in [-0.2, 0) is 19.1 Å². The smallest absolute Gasteiger partial charge is 0.407 e. The van der Waals surface area contributed by atoms with Crippen LogP contribution in [0, 0.1) is 0 Å². The molecule has 6 N–H and O–H groups in total. The number of amides is 1. The lowest BCUT2D eigenvalue weighted by Gasteiger charge is -2.15. The van der Waals surface area contributed by atoms with Crippen molar-refractivity contribution in [3.8, 4) is 0 Å². The minimum absolute atomic E-state index is 0.156. The summed E-state index contributed by atoms with van der Waals surface area (Å²) in [6.45, 7) is 14.3. The molecule has 0 spiro atoms. The molecule has 0 saturated carbocycles. The molecule has 0 aliphatic carbocycles. The zero-order valence-corrected chi connectivity index (χ0v) is 23.7. The van der Waals surface area contributed by atoms with Gasteiger partial charge in [-0.3, -0.25) is 9.59 Å². The standard InChI is InChI=1S/C24H51N5O6Si/c1-36(2,3)21-20-35-24(33)29-12-6-7-19-34-23(32)9-14-28-18-16-26-11-5-4-10-25-15-17-27-13-8-22(30)31/h25-28H,4-21H2,1-3H3,(H,29,33)(H,30,31). The lowest BCUT2D eigenvalue weighted by Crippen LogP contribution is -2.31. The summed E-state index contributed by atoms with van der Waals surface area (Å²) in [7, 11) is -1.19. The summed E-state index contributed by atoms with van der Waals surface area (Å²) in [5.41, 5.74) is 0. The zero-order chi connectivity index (χ0) is 26.9. The van der Waals surface area contributed by atoms with Gasteiger partial charge in [0.1, 0.15) is 0 Å². The first-order valence-electron chi connectivity index (χ1n) is 13.3. The van der Waals surface area contributed by atoms with E-state index in [2.05, 4.69) is 46.2 Å². The number of nitrogens with one attached hydrogen (secondary N) is 5. The minimum atomic E-state index is -1.19. The molecule has 0 rings (SSSR count). The monoisotopic (exact) mass is 533 g/mol. The average molecular weight is 534 g/mol. The van der Waals surface area contributed by atoms with Crippen LogP contribution < -0.4 is 26.6 Å². The molecule has 0 unspecified atom stereocenters. The van der Waals surface area contributed by atoms with E-state index in [-0.39, 0.29) is 18.5 Å². The van der Waals surface area contributed by atoms with Gasteiger partial charge >= 0.3 is 18.0 Å². The molecule has 0 aromatic heterocycles. The molecule has 0 aromatic carbocycles. The van der Waals surface area contributed by atoms with Crippen LogP contribution in [0.3, 0.4) is 0 Å². The average Bonchev–Trinajstić information content (AvgIpc) is 2.80. The molecule has 0 radical (unpaired) electrons. The molecule has 1 amide bonds. The topological polar surface area (TPSA) is 150 Å². The number of unbranched alkanes of at least 4 members (excludes halogenated alkanes) is 2. The summed E-state index contributed by atoms with van der Waals surface area (Å²) in [5.74, 6) is -0.986. The lowest BCUT2D eigenvalue weighted by atomic mass is 10.3. The maximum Gasteiger partial charge on any atom is 0.407 e. The SMILES string of the molecule is C[Si](C)(C)CCOC(=O)NCCCCOC(=O)CCNCCNCCCCNCCNCCC(=O)O. The second kappa shape index (κ2) is 23.7. The second-order valence-corrected chi connectivity index (χ2v) is 15.5. The number of ether oxygens (including phenoxy) is 2. The molecular formula is C24H51N5O6Si. The zero-order valence-electron chi connectivity index (χ0n) is 22.7. The predicted molar refractivity (Wildman–Crippen MR) is 145 cm³/mol. The van der Waals surface area contributed by atoms with Crippen molar-refractivity contribution >= 4 is 26.1 Å². The Morgan fingerprint density at radius 3 is 1.72 bits per heavy atom. The van der Waals surface area contributed by atoms with Gasteiger partial charge in [-0.1, -0.05) is 19.6 Å². The van der Waals surface area contributed by atoms with E-state index in [1.54, 1.807) is 0 Å². The van der Waals surface area contributed by atoms with Crippen molar-refractivity contribution in [3.63, 3.8) is 0 Å². The van der Waals surface area contributed by atoms with Gasteiger partial charge in [0.2, 0.25) is 0 Å². The van der Waals surface area contributed by atoms with Crippen molar-refractivity contribution < 1.29 is 29.0 Å². The Bertz CT molecular complexity index is 578. The van der Waals surface area contributed by atoms with E-state index >= 15 is 0 Å². The fraction of sp³-hybridized carbons (Fsp3) is 0.875. The van der Waals surface area contributed by atoms with Crippen molar-refractivity contribution in [3.05, 3.63) is 0 Å². The van der Waals surface area contributed by atoms with Gasteiger partial charge in [-0.15, -0.1) is 0 Å². The van der Waals surface area contributed by atoms with Gasteiger partial charge < -0.3 is 41.2 Å². The van der Waals surface area contributed by atoms with E-state index in [0.29, 0.717) is 45.7 Å². The Kier molecular flexibility index (Phi) is 22.5. The van der Waals surface area contributed by atoms with Crippen LogP contribution in [0.4, 0.5) is 4.79 Å². The molecule has 0 bridgehead atoms. The number of hydrogen-bond acceptors (Lipinski definition) is 9. The maximum absolute atomic E-state index is 11.7. The maximum atomic E-state index is 11.7. The van der Waals surface area contributed by atoms with E-state index in [9.17, 15) is 14.4 Å². The van der Waals surface area contributed by atoms with Crippen LogP contribution in [0.1, 0.15) is 38.5 Å². The summed E-state index contributed by atoms with van der Waals surface area (Å²) in [5, 5.41) is 24.3. The Balaban J connectivity index is 3.28. The van der Waals surface area contributed by atoms with Crippen LogP contribution in [-0.4, -0.2) is 103 Å². The molecular weight excluding hydrogens is 482 g/mol. The largest absolute Gasteiger partial charge is 0.481 e. The van der Waals surface area contributed by atoms with Crippen LogP contribution in [0.2, 0.25) is 25.7 Å². The molecule has 11 nitrogen and oxygen atoms in total.